The van der Waals surface area contributed by atoms with Crippen LogP contribution < -0.4 is 10.6 Å². The Morgan fingerprint density at radius 2 is 1.89 bits per heavy atom. The molecule has 0 radical (unpaired) electrons. The van der Waals surface area contributed by atoms with Crippen LogP contribution in [0.2, 0.25) is 0 Å². The van der Waals surface area contributed by atoms with Crippen LogP contribution in [0.25, 0.3) is 0 Å². The van der Waals surface area contributed by atoms with Gasteiger partial charge in [-0.15, -0.1) is 0 Å². The topological polar surface area (TPSA) is 95.5 Å². The van der Waals surface area contributed by atoms with E-state index in [-0.39, 0.29) is 19.3 Å². The van der Waals surface area contributed by atoms with Crippen molar-refractivity contribution in [3.05, 3.63) is 0 Å². The molecule has 18 heavy (non-hydrogen) atoms. The van der Waals surface area contributed by atoms with Gasteiger partial charge >= 0.3 is 12.0 Å². The number of amides is 3. The van der Waals surface area contributed by atoms with Gasteiger partial charge in [-0.1, -0.05) is 13.8 Å². The molecule has 0 heterocycles. The van der Waals surface area contributed by atoms with Crippen LogP contribution in [0.1, 0.15) is 39.5 Å². The maximum Gasteiger partial charge on any atom is 0.321 e. The van der Waals surface area contributed by atoms with Crippen molar-refractivity contribution in [1.82, 2.24) is 10.6 Å². The molecule has 0 saturated heterocycles. The molecular weight excluding hydrogens is 236 g/mol. The molecule has 1 rings (SSSR count). The SMILES string of the molecule is CC1(C)CC1CNC(=O)NC(=O)CCCC(=O)O. The number of carbonyl (C=O) groups excluding carboxylic acids is 2. The highest BCUT2D eigenvalue weighted by atomic mass is 16.4. The molecule has 0 aliphatic heterocycles. The molecule has 1 unspecified atom stereocenters. The lowest BCUT2D eigenvalue weighted by atomic mass is 10.1. The molecule has 0 aromatic heterocycles. The van der Waals surface area contributed by atoms with Crippen molar-refractivity contribution in [2.45, 2.75) is 39.5 Å². The van der Waals surface area contributed by atoms with E-state index in [4.69, 9.17) is 5.11 Å². The number of aliphatic carboxylic acids is 1. The Bertz CT molecular complexity index is 352. The van der Waals surface area contributed by atoms with Crippen molar-refractivity contribution in [1.29, 1.82) is 0 Å². The second kappa shape index (κ2) is 5.84. The maximum atomic E-state index is 11.3. The lowest BCUT2D eigenvalue weighted by Gasteiger charge is -2.07. The van der Waals surface area contributed by atoms with Gasteiger partial charge in [0.2, 0.25) is 5.91 Å². The van der Waals surface area contributed by atoms with Gasteiger partial charge in [-0.25, -0.2) is 4.79 Å². The highest BCUT2D eigenvalue weighted by molar-refractivity contribution is 5.94. The van der Waals surface area contributed by atoms with E-state index in [0.29, 0.717) is 17.9 Å². The number of hydrogen-bond acceptors (Lipinski definition) is 3. The van der Waals surface area contributed by atoms with Gasteiger partial charge in [-0.2, -0.15) is 0 Å². The summed E-state index contributed by atoms with van der Waals surface area (Å²) < 4.78 is 0. The van der Waals surface area contributed by atoms with Crippen LogP contribution in [-0.4, -0.2) is 29.6 Å². The molecule has 102 valence electrons. The van der Waals surface area contributed by atoms with Crippen molar-refractivity contribution in [3.8, 4) is 0 Å². The maximum absolute atomic E-state index is 11.3. The zero-order valence-electron chi connectivity index (χ0n) is 10.8. The summed E-state index contributed by atoms with van der Waals surface area (Å²) >= 11 is 0. The molecule has 1 aliphatic carbocycles. The van der Waals surface area contributed by atoms with Gasteiger partial charge in [0.05, 0.1) is 0 Å². The first-order chi connectivity index (χ1) is 8.31. The smallest absolute Gasteiger partial charge is 0.321 e. The number of carbonyl (C=O) groups is 3. The number of imide groups is 1. The molecule has 0 aromatic carbocycles. The third-order valence-corrected chi connectivity index (χ3v) is 3.27. The number of carboxylic acid groups (broad SMARTS) is 1. The van der Waals surface area contributed by atoms with Crippen LogP contribution in [0.4, 0.5) is 4.79 Å². The van der Waals surface area contributed by atoms with E-state index in [0.717, 1.165) is 6.42 Å². The number of rotatable bonds is 6. The van der Waals surface area contributed by atoms with Crippen LogP contribution >= 0.6 is 0 Å². The van der Waals surface area contributed by atoms with Gasteiger partial charge in [0.25, 0.3) is 0 Å². The molecule has 6 heteroatoms. The fourth-order valence-corrected chi connectivity index (χ4v) is 1.77. The predicted molar refractivity (Wildman–Crippen MR) is 64.9 cm³/mol. The number of nitrogens with one attached hydrogen (secondary N) is 2. The normalized spacial score (nSPS) is 20.0. The largest absolute Gasteiger partial charge is 0.481 e. The quantitative estimate of drug-likeness (QED) is 0.663. The highest BCUT2D eigenvalue weighted by Crippen LogP contribution is 2.50. The average molecular weight is 256 g/mol. The molecular formula is C12H20N2O4. The first-order valence-corrected chi connectivity index (χ1v) is 6.11. The fraction of sp³-hybridized carbons (Fsp3) is 0.750. The molecule has 0 aromatic rings. The van der Waals surface area contributed by atoms with Crippen LogP contribution in [0.15, 0.2) is 0 Å². The molecule has 1 fully saturated rings. The lowest BCUT2D eigenvalue weighted by molar-refractivity contribution is -0.137. The summed E-state index contributed by atoms with van der Waals surface area (Å²) in [6.07, 6.45) is 1.31. The predicted octanol–water partition coefficient (Wildman–Crippen LogP) is 1.11. The minimum absolute atomic E-state index is 0.0502. The van der Waals surface area contributed by atoms with E-state index in [9.17, 15) is 14.4 Å². The lowest BCUT2D eigenvalue weighted by Crippen LogP contribution is -2.40. The van der Waals surface area contributed by atoms with Gasteiger partial charge in [0.1, 0.15) is 0 Å². The Hall–Kier alpha value is -1.59. The molecule has 0 bridgehead atoms. The van der Waals surface area contributed by atoms with Crippen LogP contribution in [0.3, 0.4) is 0 Å². The zero-order valence-corrected chi connectivity index (χ0v) is 10.8. The summed E-state index contributed by atoms with van der Waals surface area (Å²) in [5.41, 5.74) is 0.290. The second-order valence-corrected chi connectivity index (χ2v) is 5.40. The summed E-state index contributed by atoms with van der Waals surface area (Å²) in [6.45, 7) is 4.84. The van der Waals surface area contributed by atoms with E-state index in [1.807, 2.05) is 0 Å². The van der Waals surface area contributed by atoms with Gasteiger partial charge in [0.15, 0.2) is 0 Å². The van der Waals surface area contributed by atoms with Crippen LogP contribution in [0.5, 0.6) is 0 Å². The highest BCUT2D eigenvalue weighted by Gasteiger charge is 2.45. The summed E-state index contributed by atoms with van der Waals surface area (Å²) in [6, 6.07) is -0.502. The van der Waals surface area contributed by atoms with Gasteiger partial charge in [0, 0.05) is 19.4 Å². The molecule has 6 nitrogen and oxygen atoms in total. The first-order valence-electron chi connectivity index (χ1n) is 6.11. The third-order valence-electron chi connectivity index (χ3n) is 3.27. The Balaban J connectivity index is 2.08. The van der Waals surface area contributed by atoms with Crippen LogP contribution in [-0.2, 0) is 9.59 Å². The van der Waals surface area contributed by atoms with E-state index in [1.165, 1.54) is 0 Å². The van der Waals surface area contributed by atoms with E-state index in [2.05, 4.69) is 24.5 Å². The first kappa shape index (κ1) is 14.5. The fourth-order valence-electron chi connectivity index (χ4n) is 1.77. The van der Waals surface area contributed by atoms with E-state index >= 15 is 0 Å². The Labute approximate surface area is 106 Å². The standard InChI is InChI=1S/C12H20N2O4/c1-12(2)6-8(12)7-13-11(18)14-9(15)4-3-5-10(16)17/h8H,3-7H2,1-2H3,(H,16,17)(H2,13,14,15,18). The van der Waals surface area contributed by atoms with Gasteiger partial charge in [-0.05, 0) is 24.2 Å². The number of urea groups is 1. The monoisotopic (exact) mass is 256 g/mol. The molecule has 1 atom stereocenters. The van der Waals surface area contributed by atoms with E-state index < -0.39 is 17.9 Å². The molecule has 1 saturated carbocycles. The summed E-state index contributed by atoms with van der Waals surface area (Å²) in [4.78, 5) is 32.8. The molecule has 3 N–H and O–H groups in total. The van der Waals surface area contributed by atoms with Crippen molar-refractivity contribution in [2.24, 2.45) is 11.3 Å². The summed E-state index contributed by atoms with van der Waals surface area (Å²) in [5, 5.41) is 13.2. The van der Waals surface area contributed by atoms with Crippen molar-refractivity contribution in [3.63, 3.8) is 0 Å². The van der Waals surface area contributed by atoms with Crippen molar-refractivity contribution >= 4 is 17.9 Å². The average Bonchev–Trinajstić information content (AvgIpc) is 2.83. The van der Waals surface area contributed by atoms with Crippen molar-refractivity contribution < 1.29 is 19.5 Å². The summed E-state index contributed by atoms with van der Waals surface area (Å²) in [7, 11) is 0. The zero-order chi connectivity index (χ0) is 13.8. The van der Waals surface area contributed by atoms with Crippen molar-refractivity contribution in [2.75, 3.05) is 6.54 Å². The van der Waals surface area contributed by atoms with E-state index in [1.54, 1.807) is 0 Å². The summed E-state index contributed by atoms with van der Waals surface area (Å²) in [5.74, 6) is -0.905. The molecule has 1 aliphatic rings. The Morgan fingerprint density at radius 1 is 1.28 bits per heavy atom. The molecule has 0 spiro atoms. The van der Waals surface area contributed by atoms with Gasteiger partial charge in [-0.3, -0.25) is 14.9 Å². The van der Waals surface area contributed by atoms with Crippen LogP contribution in [0, 0.1) is 11.3 Å². The Kier molecular flexibility index (Phi) is 4.69. The molecule has 3 amide bonds. The second-order valence-electron chi connectivity index (χ2n) is 5.40. The Morgan fingerprint density at radius 3 is 2.39 bits per heavy atom. The minimum atomic E-state index is -0.941. The number of hydrogen-bond donors (Lipinski definition) is 3. The third kappa shape index (κ3) is 5.16. The van der Waals surface area contributed by atoms with Gasteiger partial charge < -0.3 is 10.4 Å². The number of carboxylic acids is 1. The minimum Gasteiger partial charge on any atom is -0.481 e.